The van der Waals surface area contributed by atoms with Gasteiger partial charge in [0.15, 0.2) is 6.61 Å². The molecule has 0 N–H and O–H groups in total. The summed E-state index contributed by atoms with van der Waals surface area (Å²) in [5.41, 5.74) is 0. The Bertz CT molecular complexity index is 483. The van der Waals surface area contributed by atoms with Crippen LogP contribution in [-0.4, -0.2) is 50.3 Å². The maximum Gasteiger partial charge on any atom is 0.260 e. The number of amides is 1. The van der Waals surface area contributed by atoms with E-state index in [1.165, 1.54) is 32.1 Å². The van der Waals surface area contributed by atoms with E-state index in [0.717, 1.165) is 18.8 Å². The van der Waals surface area contributed by atoms with Gasteiger partial charge in [0, 0.05) is 13.1 Å². The van der Waals surface area contributed by atoms with Crippen molar-refractivity contribution >= 4 is 5.91 Å². The lowest BCUT2D eigenvalue weighted by atomic mass is 10.1. The number of morpholine rings is 1. The molecule has 1 aliphatic heterocycles. The van der Waals surface area contributed by atoms with Gasteiger partial charge in [-0.05, 0) is 30.7 Å². The highest BCUT2D eigenvalue weighted by molar-refractivity contribution is 5.77. The maximum absolute atomic E-state index is 12.0. The van der Waals surface area contributed by atoms with E-state index in [9.17, 15) is 4.79 Å². The van der Waals surface area contributed by atoms with Crippen molar-refractivity contribution in [3.05, 3.63) is 24.3 Å². The molecule has 1 aromatic rings. The molecule has 0 spiro atoms. The molecular weight excluding hydrogens is 318 g/mol. The van der Waals surface area contributed by atoms with E-state index >= 15 is 0 Å². The molecule has 0 radical (unpaired) electrons. The summed E-state index contributed by atoms with van der Waals surface area (Å²) in [6.45, 7) is 5.56. The molecule has 5 heteroatoms. The third-order valence-electron chi connectivity index (χ3n) is 4.32. The summed E-state index contributed by atoms with van der Waals surface area (Å²) >= 11 is 0. The predicted octanol–water partition coefficient (Wildman–Crippen LogP) is 3.66. The highest BCUT2D eigenvalue weighted by atomic mass is 16.5. The topological polar surface area (TPSA) is 48.0 Å². The van der Waals surface area contributed by atoms with Gasteiger partial charge in [-0.15, -0.1) is 0 Å². The van der Waals surface area contributed by atoms with Crippen molar-refractivity contribution < 1.29 is 19.0 Å². The van der Waals surface area contributed by atoms with Crippen molar-refractivity contribution in [2.24, 2.45) is 0 Å². The lowest BCUT2D eigenvalue weighted by Crippen LogP contribution is -2.42. The van der Waals surface area contributed by atoms with Crippen molar-refractivity contribution in [2.45, 2.75) is 45.4 Å². The summed E-state index contributed by atoms with van der Waals surface area (Å²) in [4.78, 5) is 13.8. The number of carbonyl (C=O) groups excluding carboxylic acids is 1. The van der Waals surface area contributed by atoms with Gasteiger partial charge in [0.1, 0.15) is 11.5 Å². The normalized spacial score (nSPS) is 14.4. The molecule has 140 valence electrons. The summed E-state index contributed by atoms with van der Waals surface area (Å²) < 4.78 is 16.6. The van der Waals surface area contributed by atoms with Crippen molar-refractivity contribution in [3.63, 3.8) is 0 Å². The van der Waals surface area contributed by atoms with Gasteiger partial charge >= 0.3 is 0 Å². The SMILES string of the molecule is CCCCCCCCOc1ccc(OCC(=O)N2CCOCC2)cc1. The molecule has 1 aliphatic rings. The van der Waals surface area contributed by atoms with Crippen LogP contribution in [0.1, 0.15) is 45.4 Å². The van der Waals surface area contributed by atoms with Gasteiger partial charge in [-0.2, -0.15) is 0 Å². The van der Waals surface area contributed by atoms with E-state index in [1.807, 2.05) is 24.3 Å². The lowest BCUT2D eigenvalue weighted by molar-refractivity contribution is -0.137. The second-order valence-corrected chi connectivity index (χ2v) is 6.37. The number of benzene rings is 1. The van der Waals surface area contributed by atoms with Crippen molar-refractivity contribution in [1.82, 2.24) is 4.90 Å². The molecule has 0 bridgehead atoms. The number of rotatable bonds is 11. The second kappa shape index (κ2) is 11.7. The Morgan fingerprint density at radius 3 is 2.24 bits per heavy atom. The Kier molecular flexibility index (Phi) is 9.19. The number of ether oxygens (including phenoxy) is 3. The van der Waals surface area contributed by atoms with Gasteiger partial charge in [0.05, 0.1) is 19.8 Å². The minimum atomic E-state index is 0.00620. The number of nitrogens with zero attached hydrogens (tertiary/aromatic N) is 1. The Balaban J connectivity index is 1.60. The summed E-state index contributed by atoms with van der Waals surface area (Å²) in [6, 6.07) is 7.49. The molecule has 0 atom stereocenters. The number of unbranched alkanes of at least 4 members (excludes halogenated alkanes) is 5. The first-order chi connectivity index (χ1) is 12.3. The zero-order chi connectivity index (χ0) is 17.7. The zero-order valence-electron chi connectivity index (χ0n) is 15.4. The van der Waals surface area contributed by atoms with Gasteiger partial charge in [0.2, 0.25) is 0 Å². The Labute approximate surface area is 151 Å². The fraction of sp³-hybridized carbons (Fsp3) is 0.650. The third kappa shape index (κ3) is 7.78. The molecule has 0 saturated carbocycles. The number of hydrogen-bond donors (Lipinski definition) is 0. The second-order valence-electron chi connectivity index (χ2n) is 6.37. The minimum absolute atomic E-state index is 0.00620. The molecule has 5 nitrogen and oxygen atoms in total. The molecule has 1 aromatic carbocycles. The molecule has 1 saturated heterocycles. The lowest BCUT2D eigenvalue weighted by Gasteiger charge is -2.26. The standard InChI is InChI=1S/C20H31NO4/c1-2-3-4-5-6-7-14-24-18-8-10-19(11-9-18)25-17-20(22)21-12-15-23-16-13-21/h8-11H,2-7,12-17H2,1H3. The fourth-order valence-electron chi connectivity index (χ4n) is 2.75. The van der Waals surface area contributed by atoms with Crippen LogP contribution in [0.5, 0.6) is 11.5 Å². The first kappa shape index (κ1) is 19.6. The van der Waals surface area contributed by atoms with Crippen LogP contribution < -0.4 is 9.47 Å². The largest absolute Gasteiger partial charge is 0.494 e. The Morgan fingerprint density at radius 1 is 0.960 bits per heavy atom. The van der Waals surface area contributed by atoms with Crippen LogP contribution >= 0.6 is 0 Å². The van der Waals surface area contributed by atoms with E-state index in [0.29, 0.717) is 32.1 Å². The van der Waals surface area contributed by atoms with E-state index in [2.05, 4.69) is 6.92 Å². The molecule has 25 heavy (non-hydrogen) atoms. The molecule has 0 aliphatic carbocycles. The molecule has 1 fully saturated rings. The molecule has 0 unspecified atom stereocenters. The summed E-state index contributed by atoms with van der Waals surface area (Å²) in [7, 11) is 0. The summed E-state index contributed by atoms with van der Waals surface area (Å²) in [6.07, 6.45) is 7.55. The molecule has 2 rings (SSSR count). The molecular formula is C20H31NO4. The smallest absolute Gasteiger partial charge is 0.260 e. The van der Waals surface area contributed by atoms with E-state index < -0.39 is 0 Å². The summed E-state index contributed by atoms with van der Waals surface area (Å²) in [5.74, 6) is 1.54. The van der Waals surface area contributed by atoms with Crippen LogP contribution in [0.2, 0.25) is 0 Å². The Hall–Kier alpha value is -1.75. The van der Waals surface area contributed by atoms with Crippen LogP contribution in [0.25, 0.3) is 0 Å². The van der Waals surface area contributed by atoms with Crippen LogP contribution in [0, 0.1) is 0 Å². The molecule has 1 heterocycles. The van der Waals surface area contributed by atoms with Gasteiger partial charge in [0.25, 0.3) is 5.91 Å². The molecule has 0 aromatic heterocycles. The maximum atomic E-state index is 12.0. The summed E-state index contributed by atoms with van der Waals surface area (Å²) in [5, 5.41) is 0. The Morgan fingerprint density at radius 2 is 1.56 bits per heavy atom. The average molecular weight is 349 g/mol. The van der Waals surface area contributed by atoms with E-state index in [4.69, 9.17) is 14.2 Å². The fourth-order valence-corrected chi connectivity index (χ4v) is 2.75. The van der Waals surface area contributed by atoms with Crippen molar-refractivity contribution in [3.8, 4) is 11.5 Å². The average Bonchev–Trinajstić information content (AvgIpc) is 2.67. The number of carbonyl (C=O) groups is 1. The van der Waals surface area contributed by atoms with Crippen LogP contribution in [-0.2, 0) is 9.53 Å². The third-order valence-corrected chi connectivity index (χ3v) is 4.32. The van der Waals surface area contributed by atoms with Gasteiger partial charge in [-0.25, -0.2) is 0 Å². The van der Waals surface area contributed by atoms with Crippen molar-refractivity contribution in [1.29, 1.82) is 0 Å². The predicted molar refractivity (Wildman–Crippen MR) is 98.2 cm³/mol. The van der Waals surface area contributed by atoms with Crippen LogP contribution in [0.15, 0.2) is 24.3 Å². The quantitative estimate of drug-likeness (QED) is 0.572. The zero-order valence-corrected chi connectivity index (χ0v) is 15.4. The first-order valence-corrected chi connectivity index (χ1v) is 9.51. The van der Waals surface area contributed by atoms with Crippen LogP contribution in [0.4, 0.5) is 0 Å². The number of hydrogen-bond acceptors (Lipinski definition) is 4. The van der Waals surface area contributed by atoms with Gasteiger partial charge < -0.3 is 19.1 Å². The minimum Gasteiger partial charge on any atom is -0.494 e. The van der Waals surface area contributed by atoms with E-state index in [1.54, 1.807) is 4.90 Å². The van der Waals surface area contributed by atoms with Crippen LogP contribution in [0.3, 0.4) is 0 Å². The highest BCUT2D eigenvalue weighted by Crippen LogP contribution is 2.18. The first-order valence-electron chi connectivity index (χ1n) is 9.51. The van der Waals surface area contributed by atoms with Gasteiger partial charge in [-0.3, -0.25) is 4.79 Å². The monoisotopic (exact) mass is 349 g/mol. The highest BCUT2D eigenvalue weighted by Gasteiger charge is 2.17. The van der Waals surface area contributed by atoms with Gasteiger partial charge in [-0.1, -0.05) is 39.0 Å². The molecule has 1 amide bonds. The van der Waals surface area contributed by atoms with Crippen molar-refractivity contribution in [2.75, 3.05) is 39.5 Å². The van der Waals surface area contributed by atoms with E-state index in [-0.39, 0.29) is 12.5 Å².